The summed E-state index contributed by atoms with van der Waals surface area (Å²) in [4.78, 5) is 40.6. The van der Waals surface area contributed by atoms with Gasteiger partial charge >= 0.3 is 17.3 Å². The van der Waals surface area contributed by atoms with Crippen LogP contribution in [0.1, 0.15) is 30.4 Å². The molecule has 0 unspecified atom stereocenters. The van der Waals surface area contributed by atoms with Gasteiger partial charge in [-0.15, -0.1) is 0 Å². The summed E-state index contributed by atoms with van der Waals surface area (Å²) in [6, 6.07) is 14.9. The van der Waals surface area contributed by atoms with Gasteiger partial charge in [-0.05, 0) is 55.5 Å². The van der Waals surface area contributed by atoms with Crippen LogP contribution in [-0.2, 0) is 17.9 Å². The maximum Gasteiger partial charge on any atom is 0.354 e. The van der Waals surface area contributed by atoms with Gasteiger partial charge in [-0.1, -0.05) is 29.8 Å². The molecular formula is C24H26N4O5. The fraction of sp³-hybridized carbons (Fsp3) is 0.333. The number of nitrogens with zero attached hydrogens (tertiary/aromatic N) is 3. The van der Waals surface area contributed by atoms with Crippen LogP contribution < -0.4 is 21.4 Å². The maximum absolute atomic E-state index is 13.1. The molecule has 1 saturated carbocycles. The van der Waals surface area contributed by atoms with Crippen molar-refractivity contribution in [2.45, 2.75) is 39.3 Å². The molecule has 9 nitrogen and oxygen atoms in total. The van der Waals surface area contributed by atoms with E-state index in [-0.39, 0.29) is 25.5 Å². The van der Waals surface area contributed by atoms with Crippen LogP contribution in [0.2, 0.25) is 0 Å². The molecule has 0 aliphatic heterocycles. The zero-order valence-electron chi connectivity index (χ0n) is 18.4. The monoisotopic (exact) mass is 450 g/mol. The van der Waals surface area contributed by atoms with Crippen molar-refractivity contribution in [2.24, 2.45) is 5.92 Å². The van der Waals surface area contributed by atoms with Gasteiger partial charge in [0.2, 0.25) is 5.95 Å². The average molecular weight is 450 g/mol. The molecule has 4 rings (SSSR count). The third-order valence-electron chi connectivity index (χ3n) is 5.45. The molecule has 0 atom stereocenters. The normalized spacial score (nSPS) is 13.0. The van der Waals surface area contributed by atoms with E-state index in [0.717, 1.165) is 21.4 Å². The first-order valence-corrected chi connectivity index (χ1v) is 10.9. The van der Waals surface area contributed by atoms with Gasteiger partial charge < -0.3 is 15.2 Å². The first-order chi connectivity index (χ1) is 15.9. The molecule has 2 N–H and O–H groups in total. The van der Waals surface area contributed by atoms with Crippen molar-refractivity contribution in [1.82, 2.24) is 14.1 Å². The predicted octanol–water partition coefficient (Wildman–Crippen LogP) is 2.77. The molecule has 2 aromatic carbocycles. The number of benzene rings is 2. The Bertz CT molecular complexity index is 1240. The lowest BCUT2D eigenvalue weighted by atomic mass is 10.1. The first kappa shape index (κ1) is 22.3. The highest BCUT2D eigenvalue weighted by atomic mass is 16.5. The molecule has 0 saturated heterocycles. The number of ether oxygens (including phenoxy) is 1. The Kier molecular flexibility index (Phi) is 6.58. The summed E-state index contributed by atoms with van der Waals surface area (Å²) in [6.45, 7) is 2.60. The fourth-order valence-corrected chi connectivity index (χ4v) is 3.30. The second kappa shape index (κ2) is 9.72. The first-order valence-electron chi connectivity index (χ1n) is 10.9. The molecule has 0 radical (unpaired) electrons. The van der Waals surface area contributed by atoms with Crippen molar-refractivity contribution in [1.29, 1.82) is 0 Å². The molecule has 0 bridgehead atoms. The maximum atomic E-state index is 13.1. The summed E-state index contributed by atoms with van der Waals surface area (Å²) in [6.07, 6.45) is 2.07. The molecule has 1 aliphatic carbocycles. The quantitative estimate of drug-likeness (QED) is 0.488. The Morgan fingerprint density at radius 2 is 1.79 bits per heavy atom. The highest BCUT2D eigenvalue weighted by Crippen LogP contribution is 2.29. The second-order valence-corrected chi connectivity index (χ2v) is 8.27. The van der Waals surface area contributed by atoms with Crippen LogP contribution >= 0.6 is 0 Å². The minimum atomic E-state index is -1.10. The average Bonchev–Trinajstić information content (AvgIpc) is 3.61. The van der Waals surface area contributed by atoms with E-state index in [0.29, 0.717) is 18.2 Å². The number of aromatic nitrogens is 3. The van der Waals surface area contributed by atoms with E-state index in [1.807, 2.05) is 43.3 Å². The van der Waals surface area contributed by atoms with Crippen molar-refractivity contribution in [3.63, 3.8) is 0 Å². The molecule has 1 aromatic heterocycles. The third-order valence-corrected chi connectivity index (χ3v) is 5.45. The molecule has 1 aliphatic rings. The zero-order valence-corrected chi connectivity index (χ0v) is 18.4. The Morgan fingerprint density at radius 1 is 1.09 bits per heavy atom. The summed E-state index contributed by atoms with van der Waals surface area (Å²) >= 11 is 0. The molecule has 9 heteroatoms. The number of anilines is 2. The molecular weight excluding hydrogens is 424 g/mol. The SMILES string of the molecule is Cc1ccc(Cn2c(Nc3ccc(OCC4CC4)cc3)nc(=O)n(CCC(=O)O)c2=O)cc1. The van der Waals surface area contributed by atoms with Gasteiger partial charge in [0.1, 0.15) is 5.75 Å². The van der Waals surface area contributed by atoms with Crippen molar-refractivity contribution < 1.29 is 14.6 Å². The molecule has 172 valence electrons. The van der Waals surface area contributed by atoms with E-state index in [1.165, 1.54) is 17.4 Å². The van der Waals surface area contributed by atoms with Crippen molar-refractivity contribution in [3.05, 3.63) is 80.6 Å². The van der Waals surface area contributed by atoms with Crippen LogP contribution in [0, 0.1) is 12.8 Å². The van der Waals surface area contributed by atoms with Gasteiger partial charge in [-0.25, -0.2) is 14.2 Å². The van der Waals surface area contributed by atoms with Gasteiger partial charge in [0.25, 0.3) is 0 Å². The number of carbonyl (C=O) groups is 1. The number of hydrogen-bond acceptors (Lipinski definition) is 6. The Labute approximate surface area is 190 Å². The summed E-state index contributed by atoms with van der Waals surface area (Å²) < 4.78 is 7.94. The minimum absolute atomic E-state index is 0.0869. The molecule has 0 amide bonds. The number of hydrogen-bond donors (Lipinski definition) is 2. The summed E-state index contributed by atoms with van der Waals surface area (Å²) in [5.74, 6) is 0.388. The zero-order chi connectivity index (χ0) is 23.4. The van der Waals surface area contributed by atoms with Crippen molar-refractivity contribution in [2.75, 3.05) is 11.9 Å². The Balaban J connectivity index is 1.63. The number of nitrogens with one attached hydrogen (secondary N) is 1. The second-order valence-electron chi connectivity index (χ2n) is 8.27. The number of aliphatic carboxylic acids is 1. The van der Waals surface area contributed by atoms with Crippen LogP contribution in [0.4, 0.5) is 11.6 Å². The largest absolute Gasteiger partial charge is 0.493 e. The van der Waals surface area contributed by atoms with Gasteiger partial charge in [-0.3, -0.25) is 9.36 Å². The van der Waals surface area contributed by atoms with Crippen molar-refractivity contribution >= 4 is 17.6 Å². The van der Waals surface area contributed by atoms with E-state index in [9.17, 15) is 14.4 Å². The number of rotatable bonds is 10. The standard InChI is InChI=1S/C24H26N4O5/c1-16-2-4-17(5-3-16)14-28-22(26-23(31)27(24(28)32)13-12-21(29)30)25-19-8-10-20(11-9-19)33-15-18-6-7-18/h2-5,8-11,18H,6-7,12-15H2,1H3,(H,29,30)(H,25,26,31). The fourth-order valence-electron chi connectivity index (χ4n) is 3.30. The van der Waals surface area contributed by atoms with E-state index >= 15 is 0 Å². The smallest absolute Gasteiger partial charge is 0.354 e. The molecule has 1 heterocycles. The molecule has 0 spiro atoms. The van der Waals surface area contributed by atoms with E-state index in [4.69, 9.17) is 9.84 Å². The van der Waals surface area contributed by atoms with Crippen LogP contribution in [0.15, 0.2) is 58.1 Å². The predicted molar refractivity (Wildman–Crippen MR) is 123 cm³/mol. The minimum Gasteiger partial charge on any atom is -0.493 e. The summed E-state index contributed by atoms with van der Waals surface area (Å²) in [7, 11) is 0. The highest BCUT2D eigenvalue weighted by Gasteiger charge is 2.22. The van der Waals surface area contributed by atoms with E-state index < -0.39 is 17.3 Å². The lowest BCUT2D eigenvalue weighted by Gasteiger charge is -2.16. The van der Waals surface area contributed by atoms with Gasteiger partial charge in [-0.2, -0.15) is 4.98 Å². The number of aryl methyl sites for hydroxylation is 1. The number of carboxylic acid groups (broad SMARTS) is 1. The Morgan fingerprint density at radius 3 is 2.42 bits per heavy atom. The summed E-state index contributed by atoms with van der Waals surface area (Å²) in [5, 5.41) is 12.0. The van der Waals surface area contributed by atoms with Gasteiger partial charge in [0, 0.05) is 12.2 Å². The molecule has 33 heavy (non-hydrogen) atoms. The highest BCUT2D eigenvalue weighted by molar-refractivity contribution is 5.66. The van der Waals surface area contributed by atoms with E-state index in [1.54, 1.807) is 12.1 Å². The number of carboxylic acids is 1. The topological polar surface area (TPSA) is 115 Å². The van der Waals surface area contributed by atoms with Gasteiger partial charge in [0.15, 0.2) is 0 Å². The third kappa shape index (κ3) is 5.88. The lowest BCUT2D eigenvalue weighted by Crippen LogP contribution is -2.43. The molecule has 1 fully saturated rings. The van der Waals surface area contributed by atoms with Crippen LogP contribution in [0.5, 0.6) is 5.75 Å². The van der Waals surface area contributed by atoms with Crippen molar-refractivity contribution in [3.8, 4) is 5.75 Å². The van der Waals surface area contributed by atoms with Crippen LogP contribution in [0.25, 0.3) is 0 Å². The van der Waals surface area contributed by atoms with Crippen LogP contribution in [-0.4, -0.2) is 31.8 Å². The van der Waals surface area contributed by atoms with E-state index in [2.05, 4.69) is 10.3 Å². The summed E-state index contributed by atoms with van der Waals surface area (Å²) in [5.41, 5.74) is 1.15. The molecule has 3 aromatic rings. The lowest BCUT2D eigenvalue weighted by molar-refractivity contribution is -0.137. The van der Waals surface area contributed by atoms with Gasteiger partial charge in [0.05, 0.1) is 19.6 Å². The Hall–Kier alpha value is -3.88. The van der Waals surface area contributed by atoms with Crippen LogP contribution in [0.3, 0.4) is 0 Å².